The van der Waals surface area contributed by atoms with Crippen molar-refractivity contribution in [3.05, 3.63) is 141 Å². The second-order valence-corrected chi connectivity index (χ2v) is 14.0. The topological polar surface area (TPSA) is 54.0 Å². The third kappa shape index (κ3) is 6.93. The Morgan fingerprint density at radius 2 is 0.808 bits per heavy atom. The Labute approximate surface area is 308 Å². The zero-order valence-corrected chi connectivity index (χ0v) is 31.1. The summed E-state index contributed by atoms with van der Waals surface area (Å²) >= 11 is 0. The molecule has 52 heavy (non-hydrogen) atoms. The lowest BCUT2D eigenvalue weighted by Gasteiger charge is -2.24. The van der Waals surface area contributed by atoms with Crippen LogP contribution in [0.1, 0.15) is 114 Å². The van der Waals surface area contributed by atoms with Crippen LogP contribution in [-0.4, -0.2) is 32.2 Å². The zero-order valence-electron chi connectivity index (χ0n) is 31.1. The highest BCUT2D eigenvalue weighted by atomic mass is 16.5. The molecular formula is C47H50O5. The average molecular weight is 695 g/mol. The van der Waals surface area contributed by atoms with Gasteiger partial charge in [0.2, 0.25) is 0 Å². The van der Waals surface area contributed by atoms with E-state index in [9.17, 15) is 4.79 Å². The molecule has 0 heterocycles. The van der Waals surface area contributed by atoms with E-state index in [0.29, 0.717) is 52.1 Å². The molecular weight excluding hydrogens is 645 g/mol. The molecule has 5 aromatic rings. The number of hydrogen-bond acceptors (Lipinski definition) is 5. The van der Waals surface area contributed by atoms with E-state index in [0.717, 1.165) is 115 Å². The second kappa shape index (κ2) is 16.1. The van der Waals surface area contributed by atoms with Crippen molar-refractivity contribution >= 4 is 5.78 Å². The minimum absolute atomic E-state index is 0.0649. The van der Waals surface area contributed by atoms with Gasteiger partial charge in [-0.15, -0.1) is 0 Å². The van der Waals surface area contributed by atoms with Gasteiger partial charge in [0.25, 0.3) is 0 Å². The van der Waals surface area contributed by atoms with Crippen LogP contribution < -0.4 is 18.9 Å². The minimum Gasteiger partial charge on any atom is -0.493 e. The third-order valence-corrected chi connectivity index (χ3v) is 9.99. The molecule has 0 N–H and O–H groups in total. The lowest BCUT2D eigenvalue weighted by molar-refractivity contribution is 0.104. The van der Waals surface area contributed by atoms with Gasteiger partial charge < -0.3 is 18.9 Å². The molecule has 268 valence electrons. The van der Waals surface area contributed by atoms with E-state index in [1.54, 1.807) is 0 Å². The van der Waals surface area contributed by atoms with Crippen molar-refractivity contribution in [1.82, 2.24) is 0 Å². The number of ketones is 1. The van der Waals surface area contributed by atoms with Crippen molar-refractivity contribution in [2.75, 3.05) is 26.4 Å². The second-order valence-electron chi connectivity index (χ2n) is 14.0. The van der Waals surface area contributed by atoms with Gasteiger partial charge in [0.1, 0.15) is 23.0 Å². The van der Waals surface area contributed by atoms with E-state index in [1.807, 2.05) is 18.2 Å². The van der Waals surface area contributed by atoms with Gasteiger partial charge in [-0.3, -0.25) is 4.79 Å². The molecule has 7 rings (SSSR count). The third-order valence-electron chi connectivity index (χ3n) is 9.99. The van der Waals surface area contributed by atoms with Crippen LogP contribution in [-0.2, 0) is 25.7 Å². The van der Waals surface area contributed by atoms with Crippen LogP contribution in [0.25, 0.3) is 11.1 Å². The molecule has 0 amide bonds. The highest BCUT2D eigenvalue weighted by Gasteiger charge is 2.33. The van der Waals surface area contributed by atoms with Gasteiger partial charge in [0.15, 0.2) is 5.78 Å². The highest BCUT2D eigenvalue weighted by Crippen LogP contribution is 2.47. The van der Waals surface area contributed by atoms with Gasteiger partial charge in [0.05, 0.1) is 26.4 Å². The van der Waals surface area contributed by atoms with E-state index >= 15 is 0 Å². The summed E-state index contributed by atoms with van der Waals surface area (Å²) in [6.45, 7) is 11.0. The molecule has 0 saturated carbocycles. The van der Waals surface area contributed by atoms with Gasteiger partial charge in [-0.25, -0.2) is 0 Å². The molecule has 0 aromatic heterocycles. The van der Waals surface area contributed by atoms with Crippen molar-refractivity contribution in [1.29, 1.82) is 0 Å². The summed E-state index contributed by atoms with van der Waals surface area (Å²) in [6.07, 6.45) is 6.04. The SMILES string of the molecule is CCCOc1c2cccc1Cc1cccc(c1OCCC)Cc1c(OCCC)c(cc3c1-c1ccccc1C3=O)Cc1cccc(c1OCCC)C2. The molecule has 5 aromatic carbocycles. The van der Waals surface area contributed by atoms with Crippen molar-refractivity contribution in [2.24, 2.45) is 0 Å². The van der Waals surface area contributed by atoms with E-state index in [1.165, 1.54) is 0 Å². The Morgan fingerprint density at radius 1 is 0.423 bits per heavy atom. The number of rotatable bonds is 12. The van der Waals surface area contributed by atoms with Crippen LogP contribution in [0.15, 0.2) is 84.9 Å². The Morgan fingerprint density at radius 3 is 1.25 bits per heavy atom. The van der Waals surface area contributed by atoms with Gasteiger partial charge in [-0.2, -0.15) is 0 Å². The van der Waals surface area contributed by atoms with E-state index < -0.39 is 0 Å². The highest BCUT2D eigenvalue weighted by molar-refractivity contribution is 6.22. The number of carbonyl (C=O) groups is 1. The summed E-state index contributed by atoms with van der Waals surface area (Å²) in [6, 6.07) is 29.6. The summed E-state index contributed by atoms with van der Waals surface area (Å²) in [7, 11) is 0. The molecule has 2 aliphatic rings. The monoisotopic (exact) mass is 694 g/mol. The summed E-state index contributed by atoms with van der Waals surface area (Å²) < 4.78 is 26.7. The van der Waals surface area contributed by atoms with Crippen LogP contribution in [0.5, 0.6) is 23.0 Å². The first-order valence-electron chi connectivity index (χ1n) is 19.2. The van der Waals surface area contributed by atoms with Crippen LogP contribution in [0.3, 0.4) is 0 Å². The fourth-order valence-electron chi connectivity index (χ4n) is 7.72. The van der Waals surface area contributed by atoms with E-state index in [2.05, 4.69) is 94.4 Å². The Kier molecular flexibility index (Phi) is 11.0. The lowest BCUT2D eigenvalue weighted by Crippen LogP contribution is -2.11. The zero-order chi connectivity index (χ0) is 36.0. The Hall–Kier alpha value is -5.03. The average Bonchev–Trinajstić information content (AvgIpc) is 3.44. The maximum absolute atomic E-state index is 14.2. The van der Waals surface area contributed by atoms with Crippen molar-refractivity contribution in [2.45, 2.75) is 79.1 Å². The normalized spacial score (nSPS) is 13.0. The standard InChI is InChI=1S/C47H50O5/c1-5-22-49-44-31-14-11-15-32(44)27-34-17-13-19-36(46(34)51-24-7-3)29-41-42-38-20-9-10-21-39(38)43(48)40(42)30-37(47(41)52-25-8-4)28-35-18-12-16-33(26-31)45(35)50-23-6-2/h9-21,30H,5-8,22-29H2,1-4H3. The first-order valence-corrected chi connectivity index (χ1v) is 19.2. The maximum Gasteiger partial charge on any atom is 0.194 e. The molecule has 5 heteroatoms. The van der Waals surface area contributed by atoms with Gasteiger partial charge >= 0.3 is 0 Å². The van der Waals surface area contributed by atoms with Crippen molar-refractivity contribution < 1.29 is 23.7 Å². The number of para-hydroxylation sites is 3. The van der Waals surface area contributed by atoms with Crippen LogP contribution in [0.2, 0.25) is 0 Å². The predicted octanol–water partition coefficient (Wildman–Crippen LogP) is 10.7. The van der Waals surface area contributed by atoms with Crippen LogP contribution in [0, 0.1) is 0 Å². The molecule has 0 atom stereocenters. The smallest absolute Gasteiger partial charge is 0.194 e. The summed E-state index contributed by atoms with van der Waals surface area (Å²) in [5.41, 5.74) is 12.1. The first-order chi connectivity index (χ1) is 25.6. The number of benzene rings is 5. The summed E-state index contributed by atoms with van der Waals surface area (Å²) in [5, 5.41) is 0. The molecule has 2 aliphatic carbocycles. The van der Waals surface area contributed by atoms with Gasteiger partial charge in [-0.05, 0) is 76.3 Å². The van der Waals surface area contributed by atoms with Crippen LogP contribution in [0.4, 0.5) is 0 Å². The van der Waals surface area contributed by atoms with Crippen LogP contribution >= 0.6 is 0 Å². The first kappa shape index (κ1) is 35.4. The lowest BCUT2D eigenvalue weighted by atomic mass is 9.87. The number of hydrogen-bond donors (Lipinski definition) is 0. The molecule has 0 saturated heterocycles. The minimum atomic E-state index is 0.0649. The van der Waals surface area contributed by atoms with Gasteiger partial charge in [-0.1, -0.05) is 107 Å². The molecule has 0 aliphatic heterocycles. The quantitative estimate of drug-likeness (QED) is 0.127. The predicted molar refractivity (Wildman–Crippen MR) is 209 cm³/mol. The Balaban J connectivity index is 1.53. The fourth-order valence-corrected chi connectivity index (χ4v) is 7.72. The van der Waals surface area contributed by atoms with Crippen molar-refractivity contribution in [3.8, 4) is 34.1 Å². The molecule has 0 radical (unpaired) electrons. The summed E-state index contributed by atoms with van der Waals surface area (Å²) in [4.78, 5) is 14.2. The van der Waals surface area contributed by atoms with Gasteiger partial charge in [0, 0.05) is 47.9 Å². The molecule has 0 spiro atoms. The number of ether oxygens (including phenoxy) is 4. The largest absolute Gasteiger partial charge is 0.493 e. The molecule has 5 nitrogen and oxygen atoms in total. The maximum atomic E-state index is 14.2. The molecule has 0 fully saturated rings. The Bertz CT molecular complexity index is 2080. The molecule has 8 bridgehead atoms. The number of carbonyl (C=O) groups excluding carboxylic acids is 1. The fraction of sp³-hybridized carbons (Fsp3) is 0.340. The van der Waals surface area contributed by atoms with E-state index in [4.69, 9.17) is 18.9 Å². The van der Waals surface area contributed by atoms with Crippen molar-refractivity contribution in [3.63, 3.8) is 0 Å². The summed E-state index contributed by atoms with van der Waals surface area (Å²) in [5.74, 6) is 3.68. The van der Waals surface area contributed by atoms with E-state index in [-0.39, 0.29) is 5.78 Å². The molecule has 0 unspecified atom stereocenters. The number of fused-ring (bicyclic) bond motifs is 12.